The van der Waals surface area contributed by atoms with Crippen LogP contribution >= 0.6 is 31.9 Å². The summed E-state index contributed by atoms with van der Waals surface area (Å²) in [5, 5.41) is 1.56. The van der Waals surface area contributed by atoms with Gasteiger partial charge in [0.05, 0.1) is 0 Å². The minimum Gasteiger partial charge on any atom is -0.299 e. The quantitative estimate of drug-likeness (QED) is 0.676. The Hall–Kier alpha value is 0.630. The average molecular weight is 328 g/mol. The highest BCUT2D eigenvalue weighted by Crippen LogP contribution is 2.24. The summed E-state index contributed by atoms with van der Waals surface area (Å²) in [6.45, 7) is 8.43. The van der Waals surface area contributed by atoms with Crippen LogP contribution in [-0.4, -0.2) is 16.4 Å². The molecule has 0 aliphatic carbocycles. The monoisotopic (exact) mass is 326 g/mol. The Labute approximate surface area is 104 Å². The van der Waals surface area contributed by atoms with Crippen molar-refractivity contribution in [1.82, 2.24) is 0 Å². The van der Waals surface area contributed by atoms with Crippen molar-refractivity contribution in [3.63, 3.8) is 0 Å². The third kappa shape index (κ3) is 4.01. The Morgan fingerprint density at radius 3 is 1.36 bits per heavy atom. The minimum absolute atomic E-state index is 0.153. The molecule has 2 unspecified atom stereocenters. The lowest BCUT2D eigenvalue weighted by molar-refractivity contribution is -0.127. The van der Waals surface area contributed by atoms with E-state index in [1.807, 2.05) is 0 Å². The summed E-state index contributed by atoms with van der Waals surface area (Å²) in [5.41, 5.74) is 0. The van der Waals surface area contributed by atoms with Gasteiger partial charge in [0, 0.05) is 22.5 Å². The van der Waals surface area contributed by atoms with E-state index < -0.39 is 0 Å². The van der Waals surface area contributed by atoms with E-state index >= 15 is 0 Å². The third-order valence-corrected chi connectivity index (χ3v) is 4.07. The van der Waals surface area contributed by atoms with Crippen molar-refractivity contribution in [1.29, 1.82) is 0 Å². The van der Waals surface area contributed by atoms with E-state index in [1.165, 1.54) is 0 Å². The van der Waals surface area contributed by atoms with E-state index in [0.717, 1.165) is 10.7 Å². The van der Waals surface area contributed by atoms with Crippen LogP contribution < -0.4 is 0 Å². The largest absolute Gasteiger partial charge is 0.299 e. The van der Waals surface area contributed by atoms with Gasteiger partial charge in [-0.25, -0.2) is 0 Å². The summed E-state index contributed by atoms with van der Waals surface area (Å²) in [5.74, 6) is 1.54. The Balaban J connectivity index is 4.54. The molecule has 0 heterocycles. The summed E-state index contributed by atoms with van der Waals surface area (Å²) >= 11 is 6.86. The van der Waals surface area contributed by atoms with Crippen LogP contribution in [0.2, 0.25) is 0 Å². The number of Topliss-reactive ketones (excluding diaryl/α,β-unsaturated/α-hetero) is 1. The molecule has 0 fully saturated rings. The second-order valence-corrected chi connectivity index (χ2v) is 5.71. The molecule has 84 valence electrons. The van der Waals surface area contributed by atoms with Crippen LogP contribution in [0, 0.1) is 23.7 Å². The van der Waals surface area contributed by atoms with Gasteiger partial charge < -0.3 is 0 Å². The predicted molar refractivity (Wildman–Crippen MR) is 69.3 cm³/mol. The van der Waals surface area contributed by atoms with E-state index in [1.54, 1.807) is 0 Å². The number of halogens is 2. The van der Waals surface area contributed by atoms with E-state index in [9.17, 15) is 4.79 Å². The van der Waals surface area contributed by atoms with Crippen molar-refractivity contribution in [2.45, 2.75) is 27.7 Å². The molecule has 0 bridgehead atoms. The van der Waals surface area contributed by atoms with Gasteiger partial charge in [0.15, 0.2) is 0 Å². The molecule has 0 amide bonds. The second kappa shape index (κ2) is 7.00. The van der Waals surface area contributed by atoms with Gasteiger partial charge in [0.2, 0.25) is 0 Å². The van der Waals surface area contributed by atoms with Crippen LogP contribution in [0.1, 0.15) is 27.7 Å². The maximum atomic E-state index is 12.1. The minimum atomic E-state index is 0.153. The molecule has 0 aliphatic heterocycles. The first-order valence-corrected chi connectivity index (χ1v) is 7.35. The zero-order valence-electron chi connectivity index (χ0n) is 9.39. The fraction of sp³-hybridized carbons (Fsp3) is 0.909. The van der Waals surface area contributed by atoms with Crippen LogP contribution in [-0.2, 0) is 4.79 Å². The van der Waals surface area contributed by atoms with E-state index in [2.05, 4.69) is 59.6 Å². The fourth-order valence-electron chi connectivity index (χ4n) is 1.44. The van der Waals surface area contributed by atoms with Gasteiger partial charge in [-0.2, -0.15) is 0 Å². The molecule has 0 spiro atoms. The average Bonchev–Trinajstić information content (AvgIpc) is 2.04. The topological polar surface area (TPSA) is 17.1 Å². The molecular formula is C11H20Br2O. The normalized spacial score (nSPS) is 16.0. The molecule has 0 aliphatic rings. The zero-order chi connectivity index (χ0) is 11.3. The molecule has 0 aromatic rings. The summed E-state index contributed by atoms with van der Waals surface area (Å²) < 4.78 is 0. The van der Waals surface area contributed by atoms with Gasteiger partial charge >= 0.3 is 0 Å². The molecule has 0 aromatic heterocycles. The van der Waals surface area contributed by atoms with Crippen molar-refractivity contribution in [3.8, 4) is 0 Å². The van der Waals surface area contributed by atoms with E-state index in [-0.39, 0.29) is 11.8 Å². The maximum absolute atomic E-state index is 12.1. The van der Waals surface area contributed by atoms with Gasteiger partial charge in [-0.1, -0.05) is 59.6 Å². The van der Waals surface area contributed by atoms with Crippen molar-refractivity contribution in [2.75, 3.05) is 10.7 Å². The van der Waals surface area contributed by atoms with Crippen LogP contribution in [0.25, 0.3) is 0 Å². The third-order valence-electron chi connectivity index (χ3n) is 2.67. The van der Waals surface area contributed by atoms with Crippen molar-refractivity contribution < 1.29 is 4.79 Å². The number of carbonyl (C=O) groups is 1. The van der Waals surface area contributed by atoms with Gasteiger partial charge in [-0.15, -0.1) is 0 Å². The number of alkyl halides is 2. The molecule has 0 saturated carbocycles. The first kappa shape index (κ1) is 14.6. The number of ketones is 1. The van der Waals surface area contributed by atoms with Crippen molar-refractivity contribution in [2.24, 2.45) is 23.7 Å². The van der Waals surface area contributed by atoms with Crippen molar-refractivity contribution >= 4 is 37.6 Å². The molecule has 1 nitrogen and oxygen atoms in total. The SMILES string of the molecule is CC(C)C(CBr)C(=O)C(CBr)C(C)C. The molecule has 2 atom stereocenters. The standard InChI is InChI=1S/C11H20Br2O/c1-7(2)9(5-12)11(14)10(6-13)8(3)4/h7-10H,5-6H2,1-4H3. The molecule has 0 radical (unpaired) electrons. The molecule has 0 rings (SSSR count). The number of hydrogen-bond donors (Lipinski definition) is 0. The number of carbonyl (C=O) groups excluding carboxylic acids is 1. The Morgan fingerprint density at radius 2 is 1.21 bits per heavy atom. The molecule has 3 heteroatoms. The molecule has 0 saturated heterocycles. The van der Waals surface area contributed by atoms with Gasteiger partial charge in [0.25, 0.3) is 0 Å². The summed E-state index contributed by atoms with van der Waals surface area (Å²) in [7, 11) is 0. The predicted octanol–water partition coefficient (Wildman–Crippen LogP) is 3.89. The second-order valence-electron chi connectivity index (χ2n) is 4.41. The smallest absolute Gasteiger partial charge is 0.141 e. The molecule has 0 N–H and O–H groups in total. The van der Waals surface area contributed by atoms with Crippen LogP contribution in [0.4, 0.5) is 0 Å². The maximum Gasteiger partial charge on any atom is 0.141 e. The lowest BCUT2D eigenvalue weighted by Gasteiger charge is -2.24. The summed E-state index contributed by atoms with van der Waals surface area (Å²) in [6, 6.07) is 0. The Bertz CT molecular complexity index is 160. The number of rotatable bonds is 6. The highest BCUT2D eigenvalue weighted by atomic mass is 79.9. The molecule has 0 aromatic carbocycles. The van der Waals surface area contributed by atoms with Gasteiger partial charge in [0.1, 0.15) is 5.78 Å². The summed E-state index contributed by atoms with van der Waals surface area (Å²) in [4.78, 5) is 12.1. The lowest BCUT2D eigenvalue weighted by atomic mass is 9.82. The first-order valence-electron chi connectivity index (χ1n) is 5.11. The summed E-state index contributed by atoms with van der Waals surface area (Å²) in [6.07, 6.45) is 0. The Kier molecular flexibility index (Phi) is 7.31. The van der Waals surface area contributed by atoms with Crippen LogP contribution in [0.15, 0.2) is 0 Å². The van der Waals surface area contributed by atoms with E-state index in [0.29, 0.717) is 17.6 Å². The molecule has 14 heavy (non-hydrogen) atoms. The van der Waals surface area contributed by atoms with Gasteiger partial charge in [-0.3, -0.25) is 4.79 Å². The zero-order valence-corrected chi connectivity index (χ0v) is 12.6. The Morgan fingerprint density at radius 1 is 0.929 bits per heavy atom. The fourth-order valence-corrected chi connectivity index (χ4v) is 3.57. The molecular weight excluding hydrogens is 308 g/mol. The highest BCUT2D eigenvalue weighted by Gasteiger charge is 2.29. The highest BCUT2D eigenvalue weighted by molar-refractivity contribution is 9.09. The van der Waals surface area contributed by atoms with Gasteiger partial charge in [-0.05, 0) is 11.8 Å². The van der Waals surface area contributed by atoms with Crippen LogP contribution in [0.5, 0.6) is 0 Å². The van der Waals surface area contributed by atoms with Crippen LogP contribution in [0.3, 0.4) is 0 Å². The lowest BCUT2D eigenvalue weighted by Crippen LogP contribution is -2.32. The first-order chi connectivity index (χ1) is 6.45. The number of hydrogen-bond acceptors (Lipinski definition) is 1. The van der Waals surface area contributed by atoms with E-state index in [4.69, 9.17) is 0 Å². The van der Waals surface area contributed by atoms with Crippen molar-refractivity contribution in [3.05, 3.63) is 0 Å².